The lowest BCUT2D eigenvalue weighted by atomic mass is 10.2. The number of aromatic nitrogens is 2. The van der Waals surface area contributed by atoms with E-state index in [1.807, 2.05) is 0 Å². The largest absolute Gasteiger partial charge is 0.370 e. The van der Waals surface area contributed by atoms with E-state index in [4.69, 9.17) is 14.7 Å². The third-order valence-corrected chi connectivity index (χ3v) is 6.57. The van der Waals surface area contributed by atoms with Crippen LogP contribution in [0.1, 0.15) is 18.7 Å². The van der Waals surface area contributed by atoms with Crippen molar-refractivity contribution in [1.29, 1.82) is 0 Å². The minimum absolute atomic E-state index is 0.581. The van der Waals surface area contributed by atoms with Gasteiger partial charge in [0.15, 0.2) is 5.82 Å². The SMILES string of the molecule is c1csc(-c2csc3nc(C[NH+]4CCOCC4)nc(NC4CC4)c23)c1. The summed E-state index contributed by atoms with van der Waals surface area (Å²) in [6, 6.07) is 4.87. The Balaban J connectivity index is 1.54. The van der Waals surface area contributed by atoms with E-state index in [2.05, 4.69) is 28.2 Å². The van der Waals surface area contributed by atoms with Gasteiger partial charge in [0.1, 0.15) is 30.3 Å². The monoisotopic (exact) mass is 373 g/mol. The molecule has 2 aliphatic rings. The average molecular weight is 374 g/mol. The summed E-state index contributed by atoms with van der Waals surface area (Å²) >= 11 is 3.51. The first kappa shape index (κ1) is 15.7. The lowest BCUT2D eigenvalue weighted by molar-refractivity contribution is -0.922. The van der Waals surface area contributed by atoms with Gasteiger partial charge in [-0.15, -0.1) is 22.7 Å². The van der Waals surface area contributed by atoms with E-state index >= 15 is 0 Å². The van der Waals surface area contributed by atoms with E-state index in [1.165, 1.54) is 33.6 Å². The topological polar surface area (TPSA) is 51.5 Å². The molecule has 7 heteroatoms. The summed E-state index contributed by atoms with van der Waals surface area (Å²) in [5, 5.41) is 9.21. The van der Waals surface area contributed by atoms with Crippen LogP contribution in [0.2, 0.25) is 0 Å². The molecule has 0 atom stereocenters. The molecule has 0 bridgehead atoms. The second-order valence-corrected chi connectivity index (χ2v) is 8.56. The average Bonchev–Trinajstić information content (AvgIpc) is 3.11. The van der Waals surface area contributed by atoms with Crippen LogP contribution >= 0.6 is 22.7 Å². The zero-order valence-electron chi connectivity index (χ0n) is 14.0. The summed E-state index contributed by atoms with van der Waals surface area (Å²) in [5.41, 5.74) is 1.27. The highest BCUT2D eigenvalue weighted by Crippen LogP contribution is 2.40. The molecule has 1 saturated carbocycles. The van der Waals surface area contributed by atoms with Crippen molar-refractivity contribution in [2.24, 2.45) is 0 Å². The van der Waals surface area contributed by atoms with Crippen LogP contribution < -0.4 is 10.2 Å². The van der Waals surface area contributed by atoms with E-state index in [0.717, 1.165) is 49.3 Å². The normalized spacial score (nSPS) is 18.7. The molecule has 130 valence electrons. The van der Waals surface area contributed by atoms with Crippen molar-refractivity contribution >= 4 is 38.7 Å². The maximum absolute atomic E-state index is 5.47. The van der Waals surface area contributed by atoms with Crippen molar-refractivity contribution in [3.63, 3.8) is 0 Å². The van der Waals surface area contributed by atoms with Gasteiger partial charge < -0.3 is 15.0 Å². The molecule has 0 radical (unpaired) electrons. The van der Waals surface area contributed by atoms with Gasteiger partial charge in [-0.1, -0.05) is 6.07 Å². The maximum Gasteiger partial charge on any atom is 0.187 e. The van der Waals surface area contributed by atoms with Gasteiger partial charge in [-0.3, -0.25) is 0 Å². The Morgan fingerprint density at radius 3 is 2.84 bits per heavy atom. The molecule has 0 aromatic carbocycles. The van der Waals surface area contributed by atoms with Crippen molar-refractivity contribution in [2.75, 3.05) is 31.6 Å². The van der Waals surface area contributed by atoms with Crippen molar-refractivity contribution < 1.29 is 9.64 Å². The van der Waals surface area contributed by atoms with Gasteiger partial charge in [0.05, 0.1) is 18.6 Å². The number of hydrogen-bond acceptors (Lipinski definition) is 6. The van der Waals surface area contributed by atoms with E-state index < -0.39 is 0 Å². The van der Waals surface area contributed by atoms with Crippen molar-refractivity contribution in [1.82, 2.24) is 9.97 Å². The summed E-state index contributed by atoms with van der Waals surface area (Å²) in [6.07, 6.45) is 2.49. The first-order valence-electron chi connectivity index (χ1n) is 8.86. The Morgan fingerprint density at radius 1 is 1.20 bits per heavy atom. The molecule has 1 aliphatic carbocycles. The fraction of sp³-hybridized carbons (Fsp3) is 0.444. The molecule has 0 spiro atoms. The number of morpholine rings is 1. The molecule has 3 aromatic heterocycles. The Bertz CT molecular complexity index is 867. The molecular weight excluding hydrogens is 352 g/mol. The lowest BCUT2D eigenvalue weighted by Gasteiger charge is -2.23. The van der Waals surface area contributed by atoms with Crippen molar-refractivity contribution in [3.8, 4) is 10.4 Å². The Hall–Kier alpha value is -1.54. The van der Waals surface area contributed by atoms with E-state index in [1.54, 1.807) is 22.7 Å². The smallest absolute Gasteiger partial charge is 0.187 e. The first-order chi connectivity index (χ1) is 12.4. The number of nitrogens with one attached hydrogen (secondary N) is 2. The van der Waals surface area contributed by atoms with Gasteiger partial charge >= 0.3 is 0 Å². The van der Waals surface area contributed by atoms with Crippen LogP contribution in [0.4, 0.5) is 5.82 Å². The second kappa shape index (κ2) is 6.64. The zero-order chi connectivity index (χ0) is 16.6. The van der Waals surface area contributed by atoms with Crippen molar-refractivity contribution in [2.45, 2.75) is 25.4 Å². The lowest BCUT2D eigenvalue weighted by Crippen LogP contribution is -3.12. The van der Waals surface area contributed by atoms with Crippen LogP contribution in [0.25, 0.3) is 20.7 Å². The van der Waals surface area contributed by atoms with Crippen LogP contribution in [-0.4, -0.2) is 42.3 Å². The molecule has 0 amide bonds. The number of thiophene rings is 2. The number of anilines is 1. The molecule has 2 N–H and O–H groups in total. The Labute approximate surface area is 154 Å². The van der Waals surface area contributed by atoms with Gasteiger partial charge in [-0.05, 0) is 24.3 Å². The minimum atomic E-state index is 0.581. The van der Waals surface area contributed by atoms with E-state index in [9.17, 15) is 0 Å². The van der Waals surface area contributed by atoms with Crippen molar-refractivity contribution in [3.05, 3.63) is 28.7 Å². The number of rotatable bonds is 5. The molecule has 4 heterocycles. The molecule has 5 nitrogen and oxygen atoms in total. The summed E-state index contributed by atoms with van der Waals surface area (Å²) < 4.78 is 5.47. The Kier molecular flexibility index (Phi) is 4.17. The first-order valence-corrected chi connectivity index (χ1v) is 10.6. The summed E-state index contributed by atoms with van der Waals surface area (Å²) in [5.74, 6) is 1.98. The van der Waals surface area contributed by atoms with Gasteiger partial charge in [0.25, 0.3) is 0 Å². The fourth-order valence-corrected chi connectivity index (χ4v) is 5.04. The third kappa shape index (κ3) is 3.29. The predicted molar refractivity (Wildman–Crippen MR) is 103 cm³/mol. The van der Waals surface area contributed by atoms with Crippen LogP contribution in [-0.2, 0) is 11.3 Å². The maximum atomic E-state index is 5.47. The molecule has 0 unspecified atom stereocenters. The van der Waals surface area contributed by atoms with Crippen LogP contribution in [0.3, 0.4) is 0 Å². The summed E-state index contributed by atoms with van der Waals surface area (Å²) in [4.78, 5) is 13.7. The predicted octanol–water partition coefficient (Wildman–Crippen LogP) is 2.41. The molecule has 5 rings (SSSR count). The quantitative estimate of drug-likeness (QED) is 0.721. The number of fused-ring (bicyclic) bond motifs is 1. The number of quaternary nitrogens is 1. The minimum Gasteiger partial charge on any atom is -0.370 e. The van der Waals surface area contributed by atoms with E-state index in [-0.39, 0.29) is 0 Å². The molecule has 3 aromatic rings. The molecular formula is C18H21N4OS2+. The second-order valence-electron chi connectivity index (χ2n) is 6.75. The number of nitrogens with zero attached hydrogens (tertiary/aromatic N) is 2. The summed E-state index contributed by atoms with van der Waals surface area (Å²) in [7, 11) is 0. The van der Waals surface area contributed by atoms with Gasteiger partial charge in [-0.2, -0.15) is 0 Å². The third-order valence-electron chi connectivity index (χ3n) is 4.79. The number of ether oxygens (including phenoxy) is 1. The molecule has 1 saturated heterocycles. The standard InChI is InChI=1S/C18H20N4OS2/c1-2-14(24-9-1)13-11-25-18-16(13)17(19-12-3-4-12)20-15(21-18)10-22-5-7-23-8-6-22/h1-2,9,11-12H,3-8,10H2,(H,19,20,21)/p+1. The summed E-state index contributed by atoms with van der Waals surface area (Å²) in [6.45, 7) is 4.64. The molecule has 1 aliphatic heterocycles. The van der Waals surface area contributed by atoms with Crippen LogP contribution in [0.5, 0.6) is 0 Å². The Morgan fingerprint density at radius 2 is 2.08 bits per heavy atom. The van der Waals surface area contributed by atoms with E-state index in [0.29, 0.717) is 6.04 Å². The fourth-order valence-electron chi connectivity index (χ4n) is 3.26. The van der Waals surface area contributed by atoms with Crippen LogP contribution in [0.15, 0.2) is 22.9 Å². The highest BCUT2D eigenvalue weighted by molar-refractivity contribution is 7.18. The highest BCUT2D eigenvalue weighted by Gasteiger charge is 2.25. The molecule has 2 fully saturated rings. The van der Waals surface area contributed by atoms with Gasteiger partial charge in [0.2, 0.25) is 0 Å². The van der Waals surface area contributed by atoms with Gasteiger partial charge in [-0.25, -0.2) is 9.97 Å². The highest BCUT2D eigenvalue weighted by atomic mass is 32.1. The van der Waals surface area contributed by atoms with Gasteiger partial charge in [0, 0.05) is 21.9 Å². The molecule has 25 heavy (non-hydrogen) atoms. The zero-order valence-corrected chi connectivity index (χ0v) is 15.6. The van der Waals surface area contributed by atoms with Crippen LogP contribution in [0, 0.1) is 0 Å². The number of hydrogen-bond donors (Lipinski definition) is 2.